The van der Waals surface area contributed by atoms with Gasteiger partial charge in [-0.2, -0.15) is 12.6 Å². The molecule has 66 valence electrons. The molecule has 0 aromatic rings. The maximum atomic E-state index is 9.88. The van der Waals surface area contributed by atoms with Gasteiger partial charge in [-0.05, 0) is 6.92 Å². The summed E-state index contributed by atoms with van der Waals surface area (Å²) in [5.74, 6) is 0.125. The zero-order valence-electron chi connectivity index (χ0n) is 7.09. The molecule has 0 unspecified atom stereocenters. The Kier molecular flexibility index (Phi) is 11.3. The fourth-order valence-electron chi connectivity index (χ4n) is 0.0645. The van der Waals surface area contributed by atoms with Gasteiger partial charge in [0.25, 0.3) is 0 Å². The third kappa shape index (κ3) is 17.7. The van der Waals surface area contributed by atoms with Crippen LogP contribution in [0.25, 0.3) is 0 Å². The molecule has 0 rings (SSSR count). The van der Waals surface area contributed by atoms with Gasteiger partial charge in [0.1, 0.15) is 5.78 Å². The van der Waals surface area contributed by atoms with Crippen molar-refractivity contribution in [1.29, 1.82) is 0 Å². The average Bonchev–Trinajstić information content (AvgIpc) is 2.04. The molecule has 0 atom stereocenters. The van der Waals surface area contributed by atoms with Gasteiger partial charge in [0, 0.05) is 6.42 Å². The molecule has 0 amide bonds. The molecule has 0 spiro atoms. The van der Waals surface area contributed by atoms with Crippen LogP contribution in [0, 0.1) is 0 Å². The first-order valence-corrected chi connectivity index (χ1v) is 3.88. The highest BCUT2D eigenvalue weighted by Gasteiger charge is 1.88. The van der Waals surface area contributed by atoms with Gasteiger partial charge in [0.15, 0.2) is 0 Å². The molecule has 0 aromatic heterocycles. The summed E-state index contributed by atoms with van der Waals surface area (Å²) in [6, 6.07) is 0. The average molecular weight is 178 g/mol. The number of Topliss-reactive ketones (excluding diaryl/α,β-unsaturated/α-hetero) is 1. The maximum absolute atomic E-state index is 9.88. The number of hydrogen-bond acceptors (Lipinski definition) is 4. The van der Waals surface area contributed by atoms with Crippen molar-refractivity contribution in [2.45, 2.75) is 20.3 Å². The molecule has 4 heteroatoms. The van der Waals surface area contributed by atoms with E-state index in [-0.39, 0.29) is 17.5 Å². The molecular formula is C7H14O3S. The molecule has 0 N–H and O–H groups in total. The van der Waals surface area contributed by atoms with E-state index in [4.69, 9.17) is 0 Å². The summed E-state index contributed by atoms with van der Waals surface area (Å²) in [6.07, 6.45) is 0.667. The summed E-state index contributed by atoms with van der Waals surface area (Å²) < 4.78 is 4.18. The molecule has 0 aliphatic rings. The molecule has 0 aliphatic heterocycles. The van der Waals surface area contributed by atoms with Crippen molar-refractivity contribution < 1.29 is 14.3 Å². The van der Waals surface area contributed by atoms with E-state index in [1.54, 1.807) is 6.92 Å². The predicted octanol–water partition coefficient (Wildman–Crippen LogP) is 1.07. The Hall–Kier alpha value is -0.510. The SMILES string of the molecule is CCC(C)=O.COC(=O)CS. The minimum Gasteiger partial charge on any atom is -0.468 e. The molecule has 0 radical (unpaired) electrons. The summed E-state index contributed by atoms with van der Waals surface area (Å²) in [4.78, 5) is 19.7. The normalized spacial score (nSPS) is 7.64. The van der Waals surface area contributed by atoms with E-state index in [2.05, 4.69) is 17.4 Å². The smallest absolute Gasteiger partial charge is 0.315 e. The minimum atomic E-state index is -0.293. The second-order valence-electron chi connectivity index (χ2n) is 1.79. The molecule has 3 nitrogen and oxygen atoms in total. The number of carbonyl (C=O) groups is 2. The van der Waals surface area contributed by atoms with Crippen LogP contribution < -0.4 is 0 Å². The molecule has 0 heterocycles. The van der Waals surface area contributed by atoms with E-state index < -0.39 is 0 Å². The van der Waals surface area contributed by atoms with Crippen LogP contribution in [0.4, 0.5) is 0 Å². The highest BCUT2D eigenvalue weighted by atomic mass is 32.1. The number of methoxy groups -OCH3 is 1. The van der Waals surface area contributed by atoms with Crippen LogP contribution in [-0.4, -0.2) is 24.6 Å². The van der Waals surface area contributed by atoms with Gasteiger partial charge in [0.2, 0.25) is 0 Å². The van der Waals surface area contributed by atoms with Gasteiger partial charge in [-0.25, -0.2) is 0 Å². The van der Waals surface area contributed by atoms with Crippen molar-refractivity contribution in [3.63, 3.8) is 0 Å². The second-order valence-corrected chi connectivity index (χ2v) is 2.11. The Balaban J connectivity index is 0. The predicted molar refractivity (Wildman–Crippen MR) is 46.8 cm³/mol. The number of esters is 1. The van der Waals surface area contributed by atoms with Gasteiger partial charge in [-0.3, -0.25) is 4.79 Å². The van der Waals surface area contributed by atoms with E-state index in [1.165, 1.54) is 7.11 Å². The summed E-state index contributed by atoms with van der Waals surface area (Å²) in [6.45, 7) is 3.43. The number of ether oxygens (including phenoxy) is 1. The lowest BCUT2D eigenvalue weighted by Gasteiger charge is -1.86. The summed E-state index contributed by atoms with van der Waals surface area (Å²) >= 11 is 3.62. The van der Waals surface area contributed by atoms with Crippen molar-refractivity contribution in [1.82, 2.24) is 0 Å². The Morgan fingerprint density at radius 2 is 1.82 bits per heavy atom. The molecule has 0 saturated heterocycles. The van der Waals surface area contributed by atoms with Gasteiger partial charge in [0.05, 0.1) is 12.9 Å². The van der Waals surface area contributed by atoms with Crippen LogP contribution in [0.1, 0.15) is 20.3 Å². The molecule has 0 aromatic carbocycles. The summed E-state index contributed by atoms with van der Waals surface area (Å²) in [5, 5.41) is 0. The fraction of sp³-hybridized carbons (Fsp3) is 0.714. The van der Waals surface area contributed by atoms with Crippen molar-refractivity contribution in [3.05, 3.63) is 0 Å². The maximum Gasteiger partial charge on any atom is 0.315 e. The van der Waals surface area contributed by atoms with Crippen LogP contribution in [-0.2, 0) is 14.3 Å². The Labute approximate surface area is 72.5 Å². The van der Waals surface area contributed by atoms with E-state index in [0.717, 1.165) is 0 Å². The zero-order valence-corrected chi connectivity index (χ0v) is 7.98. The lowest BCUT2D eigenvalue weighted by atomic mass is 10.4. The standard InChI is InChI=1S/C4H8O.C3H6O2S/c1-3-4(2)5;1-5-3(4)2-6/h3H2,1-2H3;6H,2H2,1H3. The van der Waals surface area contributed by atoms with Gasteiger partial charge in [-0.15, -0.1) is 0 Å². The molecule has 0 aliphatic carbocycles. The largest absolute Gasteiger partial charge is 0.468 e. The molecule has 11 heavy (non-hydrogen) atoms. The Morgan fingerprint density at radius 1 is 1.45 bits per heavy atom. The lowest BCUT2D eigenvalue weighted by Crippen LogP contribution is -1.99. The van der Waals surface area contributed by atoms with E-state index in [9.17, 15) is 9.59 Å². The quantitative estimate of drug-likeness (QED) is 0.508. The highest BCUT2D eigenvalue weighted by molar-refractivity contribution is 7.81. The lowest BCUT2D eigenvalue weighted by molar-refractivity contribution is -0.137. The van der Waals surface area contributed by atoms with Gasteiger partial charge in [-0.1, -0.05) is 6.92 Å². The van der Waals surface area contributed by atoms with E-state index >= 15 is 0 Å². The number of thiol groups is 1. The third-order valence-electron chi connectivity index (χ3n) is 0.855. The number of ketones is 1. The topological polar surface area (TPSA) is 43.4 Å². The Bertz CT molecular complexity index is 117. The first-order chi connectivity index (χ1) is 5.08. The molecule has 0 bridgehead atoms. The first-order valence-electron chi connectivity index (χ1n) is 3.25. The van der Waals surface area contributed by atoms with E-state index in [1.807, 2.05) is 6.92 Å². The van der Waals surface area contributed by atoms with Crippen LogP contribution in [0.5, 0.6) is 0 Å². The Morgan fingerprint density at radius 3 is 1.82 bits per heavy atom. The third-order valence-corrected chi connectivity index (χ3v) is 1.11. The number of rotatable bonds is 2. The fourth-order valence-corrected chi connectivity index (χ4v) is 0.194. The summed E-state index contributed by atoms with van der Waals surface area (Å²) in [5.41, 5.74) is 0. The van der Waals surface area contributed by atoms with Crippen molar-refractivity contribution >= 4 is 24.4 Å². The van der Waals surface area contributed by atoms with Crippen LogP contribution in [0.3, 0.4) is 0 Å². The van der Waals surface area contributed by atoms with Gasteiger partial charge >= 0.3 is 5.97 Å². The zero-order chi connectivity index (χ0) is 9.28. The van der Waals surface area contributed by atoms with Crippen molar-refractivity contribution in [2.24, 2.45) is 0 Å². The van der Waals surface area contributed by atoms with Crippen molar-refractivity contribution in [3.8, 4) is 0 Å². The van der Waals surface area contributed by atoms with Crippen molar-refractivity contribution in [2.75, 3.05) is 12.9 Å². The number of carbonyl (C=O) groups excluding carboxylic acids is 2. The minimum absolute atomic E-state index is 0.163. The molecular weight excluding hydrogens is 164 g/mol. The van der Waals surface area contributed by atoms with Crippen LogP contribution in [0.15, 0.2) is 0 Å². The van der Waals surface area contributed by atoms with Crippen LogP contribution >= 0.6 is 12.6 Å². The highest BCUT2D eigenvalue weighted by Crippen LogP contribution is 1.74. The molecule has 0 fully saturated rings. The van der Waals surface area contributed by atoms with Gasteiger partial charge < -0.3 is 9.53 Å². The number of hydrogen-bond donors (Lipinski definition) is 1. The second kappa shape index (κ2) is 9.49. The van der Waals surface area contributed by atoms with E-state index in [0.29, 0.717) is 6.42 Å². The monoisotopic (exact) mass is 178 g/mol. The summed E-state index contributed by atoms with van der Waals surface area (Å²) in [7, 11) is 1.33. The molecule has 0 saturated carbocycles. The first kappa shape index (κ1) is 13.1. The van der Waals surface area contributed by atoms with Crippen LogP contribution in [0.2, 0.25) is 0 Å².